The van der Waals surface area contributed by atoms with Gasteiger partial charge in [-0.1, -0.05) is 41.0 Å². The van der Waals surface area contributed by atoms with E-state index in [1.807, 2.05) is 25.7 Å². The Labute approximate surface area is 301 Å². The second-order valence-electron chi connectivity index (χ2n) is 14.9. The Morgan fingerprint density at radius 3 is 2.22 bits per heavy atom. The lowest BCUT2D eigenvalue weighted by Crippen LogP contribution is -2.54. The van der Waals surface area contributed by atoms with E-state index < -0.39 is 18.1 Å². The molecule has 50 heavy (non-hydrogen) atoms. The SMILES string of the molecule is CC[C@H](C)[C@@H]([C@@H](CC(=O)N1CCC[C@H]1[C@H](OC)[C@@H](C)C(=O)CCCN1CCNCC1)OC)N(C)C(=O)[C@@H](CC(=O)c1ccc(N)cc1)C(C)C. The molecule has 1 aromatic carbocycles. The van der Waals surface area contributed by atoms with Crippen molar-refractivity contribution in [3.8, 4) is 0 Å². The van der Waals surface area contributed by atoms with Gasteiger partial charge >= 0.3 is 0 Å². The number of carbonyl (C=O) groups is 4. The van der Waals surface area contributed by atoms with Crippen LogP contribution in [0.25, 0.3) is 0 Å². The zero-order valence-electron chi connectivity index (χ0n) is 32.0. The molecule has 2 aliphatic heterocycles. The molecular formula is C39H65N5O6. The number of nitrogen functional groups attached to an aromatic ring is 1. The number of nitrogens with two attached hydrogens (primary N) is 1. The summed E-state index contributed by atoms with van der Waals surface area (Å²) in [5.41, 5.74) is 6.92. The predicted octanol–water partition coefficient (Wildman–Crippen LogP) is 4.29. The lowest BCUT2D eigenvalue weighted by molar-refractivity contribution is -0.148. The van der Waals surface area contributed by atoms with E-state index in [9.17, 15) is 19.2 Å². The number of benzene rings is 1. The van der Waals surface area contributed by atoms with Crippen LogP contribution < -0.4 is 11.1 Å². The van der Waals surface area contributed by atoms with E-state index in [0.29, 0.717) is 24.2 Å². The highest BCUT2D eigenvalue weighted by Crippen LogP contribution is 2.31. The van der Waals surface area contributed by atoms with Gasteiger partial charge in [0.2, 0.25) is 11.8 Å². The van der Waals surface area contributed by atoms with Crippen LogP contribution in [0.4, 0.5) is 5.69 Å². The third-order valence-corrected chi connectivity index (χ3v) is 11.2. The molecule has 2 fully saturated rings. The zero-order valence-corrected chi connectivity index (χ0v) is 32.0. The molecule has 11 nitrogen and oxygen atoms in total. The normalized spacial score (nSPS) is 20.6. The molecule has 0 spiro atoms. The van der Waals surface area contributed by atoms with E-state index in [1.54, 1.807) is 50.4 Å². The Morgan fingerprint density at radius 1 is 0.980 bits per heavy atom. The minimum Gasteiger partial charge on any atom is -0.399 e. The molecule has 7 atom stereocenters. The predicted molar refractivity (Wildman–Crippen MR) is 198 cm³/mol. The molecule has 282 valence electrons. The number of methoxy groups -OCH3 is 2. The smallest absolute Gasteiger partial charge is 0.226 e. The van der Waals surface area contributed by atoms with Crippen LogP contribution in [0, 0.1) is 23.7 Å². The number of nitrogens with zero attached hydrogens (tertiary/aromatic N) is 3. The molecule has 0 unspecified atom stereocenters. The van der Waals surface area contributed by atoms with Crippen LogP contribution in [0.15, 0.2) is 24.3 Å². The van der Waals surface area contributed by atoms with Gasteiger partial charge in [0.05, 0.1) is 30.7 Å². The third kappa shape index (κ3) is 11.1. The molecule has 3 N–H and O–H groups in total. The topological polar surface area (TPSA) is 135 Å². The van der Waals surface area contributed by atoms with Crippen LogP contribution >= 0.6 is 0 Å². The largest absolute Gasteiger partial charge is 0.399 e. The minimum absolute atomic E-state index is 0.0299. The monoisotopic (exact) mass is 699 g/mol. The molecule has 0 bridgehead atoms. The lowest BCUT2D eigenvalue weighted by atomic mass is 9.85. The molecule has 2 aliphatic rings. The number of likely N-dealkylation sites (tertiary alicyclic amines) is 1. The Hall–Kier alpha value is -2.86. The quantitative estimate of drug-likeness (QED) is 0.151. The van der Waals surface area contributed by atoms with Gasteiger partial charge in [0, 0.05) is 89.9 Å². The van der Waals surface area contributed by atoms with Gasteiger partial charge < -0.3 is 35.2 Å². The number of ketones is 2. The molecule has 0 aliphatic carbocycles. The van der Waals surface area contributed by atoms with Crippen molar-refractivity contribution in [1.82, 2.24) is 20.0 Å². The molecule has 2 heterocycles. The van der Waals surface area contributed by atoms with Gasteiger partial charge in [-0.2, -0.15) is 0 Å². The molecule has 0 radical (unpaired) electrons. The van der Waals surface area contributed by atoms with Gasteiger partial charge in [0.25, 0.3) is 0 Å². The van der Waals surface area contributed by atoms with Crippen LogP contribution in [0.3, 0.4) is 0 Å². The summed E-state index contributed by atoms with van der Waals surface area (Å²) in [6.45, 7) is 15.5. The maximum Gasteiger partial charge on any atom is 0.226 e. The van der Waals surface area contributed by atoms with Crippen LogP contribution in [0.5, 0.6) is 0 Å². The second kappa shape index (κ2) is 20.2. The molecule has 0 aromatic heterocycles. The van der Waals surface area contributed by atoms with Crippen molar-refractivity contribution in [1.29, 1.82) is 0 Å². The average Bonchev–Trinajstić information content (AvgIpc) is 3.60. The second-order valence-corrected chi connectivity index (χ2v) is 14.9. The van der Waals surface area contributed by atoms with Crippen LogP contribution in [0.1, 0.15) is 89.9 Å². The minimum atomic E-state index is -0.557. The first-order valence-corrected chi connectivity index (χ1v) is 18.8. The fraction of sp³-hybridized carbons (Fsp3) is 0.744. The number of carbonyl (C=O) groups excluding carboxylic acids is 4. The first kappa shape index (κ1) is 41.6. The molecule has 1 aromatic rings. The van der Waals surface area contributed by atoms with E-state index in [0.717, 1.165) is 58.4 Å². The van der Waals surface area contributed by atoms with Crippen molar-refractivity contribution in [3.63, 3.8) is 0 Å². The number of amides is 2. The molecular weight excluding hydrogens is 634 g/mol. The summed E-state index contributed by atoms with van der Waals surface area (Å²) < 4.78 is 12.0. The van der Waals surface area contributed by atoms with Gasteiger partial charge in [-0.05, 0) is 61.9 Å². The Balaban J connectivity index is 1.70. The number of ether oxygens (including phenoxy) is 2. The van der Waals surface area contributed by atoms with E-state index in [4.69, 9.17) is 15.2 Å². The summed E-state index contributed by atoms with van der Waals surface area (Å²) in [5, 5.41) is 3.36. The summed E-state index contributed by atoms with van der Waals surface area (Å²) in [4.78, 5) is 60.8. The van der Waals surface area contributed by atoms with Gasteiger partial charge in [0.1, 0.15) is 5.78 Å². The number of hydrogen-bond donors (Lipinski definition) is 2. The van der Waals surface area contributed by atoms with Gasteiger partial charge in [-0.25, -0.2) is 0 Å². The van der Waals surface area contributed by atoms with Gasteiger partial charge in [-0.3, -0.25) is 19.2 Å². The summed E-state index contributed by atoms with van der Waals surface area (Å²) in [7, 11) is 5.00. The van der Waals surface area contributed by atoms with Gasteiger partial charge in [0.15, 0.2) is 5.78 Å². The maximum absolute atomic E-state index is 14.2. The van der Waals surface area contributed by atoms with Crippen molar-refractivity contribution in [2.24, 2.45) is 23.7 Å². The summed E-state index contributed by atoms with van der Waals surface area (Å²) in [6, 6.07) is 6.19. The number of piperazine rings is 1. The Kier molecular flexibility index (Phi) is 16.8. The number of hydrogen-bond acceptors (Lipinski definition) is 9. The van der Waals surface area contributed by atoms with E-state index in [1.165, 1.54) is 0 Å². The van der Waals surface area contributed by atoms with E-state index in [-0.39, 0.29) is 66.1 Å². The number of Topliss-reactive ketones (excluding diaryl/α,β-unsaturated/α-hetero) is 2. The van der Waals surface area contributed by atoms with Crippen molar-refractivity contribution in [2.45, 2.75) is 104 Å². The van der Waals surface area contributed by atoms with Crippen molar-refractivity contribution >= 4 is 29.1 Å². The summed E-state index contributed by atoms with van der Waals surface area (Å²) >= 11 is 0. The van der Waals surface area contributed by atoms with E-state index >= 15 is 0 Å². The lowest BCUT2D eigenvalue weighted by Gasteiger charge is -2.40. The highest BCUT2D eigenvalue weighted by Gasteiger charge is 2.42. The van der Waals surface area contributed by atoms with Crippen molar-refractivity contribution in [3.05, 3.63) is 29.8 Å². The molecule has 2 amide bonds. The number of nitrogens with one attached hydrogen (secondary N) is 1. The highest BCUT2D eigenvalue weighted by atomic mass is 16.5. The van der Waals surface area contributed by atoms with Crippen LogP contribution in [-0.2, 0) is 23.9 Å². The van der Waals surface area contributed by atoms with Crippen molar-refractivity contribution < 1.29 is 28.7 Å². The van der Waals surface area contributed by atoms with E-state index in [2.05, 4.69) is 24.1 Å². The van der Waals surface area contributed by atoms with Crippen molar-refractivity contribution in [2.75, 3.05) is 66.3 Å². The number of anilines is 1. The molecule has 0 saturated carbocycles. The standard InChI is InChI=1S/C39H65N5O6/c1-9-27(4)37(42(6)39(48)31(26(2)3)24-34(46)29-14-16-30(40)17-15-29)35(49-7)25-36(47)44-21-10-12-32(44)38(50-8)28(5)33(45)13-11-20-43-22-18-41-19-23-43/h14-17,26-28,31-32,35,37-38,41H,9-13,18-25,40H2,1-8H3/t27-,28-,31-,32-,35+,37-,38+/m0/s1. The Morgan fingerprint density at radius 2 is 1.64 bits per heavy atom. The average molecular weight is 700 g/mol. The Bertz CT molecular complexity index is 1240. The van der Waals surface area contributed by atoms with Crippen LogP contribution in [-0.4, -0.2) is 123 Å². The number of likely N-dealkylation sites (N-methyl/N-ethyl adjacent to an activating group) is 1. The maximum atomic E-state index is 14.2. The number of rotatable bonds is 20. The highest BCUT2D eigenvalue weighted by molar-refractivity contribution is 5.99. The molecule has 11 heteroatoms. The summed E-state index contributed by atoms with van der Waals surface area (Å²) in [5.74, 6) is -1.05. The zero-order chi connectivity index (χ0) is 37.0. The van der Waals surface area contributed by atoms with Gasteiger partial charge in [-0.15, -0.1) is 0 Å². The van der Waals surface area contributed by atoms with Crippen LogP contribution in [0.2, 0.25) is 0 Å². The first-order chi connectivity index (χ1) is 23.8. The third-order valence-electron chi connectivity index (χ3n) is 11.2. The summed E-state index contributed by atoms with van der Waals surface area (Å²) in [6.07, 6.45) is 2.92. The molecule has 3 rings (SSSR count). The first-order valence-electron chi connectivity index (χ1n) is 18.8. The fourth-order valence-electron chi connectivity index (χ4n) is 7.84. The molecule has 2 saturated heterocycles. The fourth-order valence-corrected chi connectivity index (χ4v) is 7.84.